The van der Waals surface area contributed by atoms with E-state index in [9.17, 15) is 18.0 Å². The largest absolute Gasteiger partial charge is 0.426 e. The Labute approximate surface area is 137 Å². The van der Waals surface area contributed by atoms with Crippen molar-refractivity contribution in [3.05, 3.63) is 57.7 Å². The number of amides is 1. The van der Waals surface area contributed by atoms with Gasteiger partial charge in [-0.15, -0.1) is 22.7 Å². The number of halogens is 3. The lowest BCUT2D eigenvalue weighted by molar-refractivity contribution is -0.133. The van der Waals surface area contributed by atoms with Crippen LogP contribution in [0.3, 0.4) is 0 Å². The second kappa shape index (κ2) is 6.13. The first kappa shape index (κ1) is 15.7. The highest BCUT2D eigenvalue weighted by atomic mass is 32.1. The highest BCUT2D eigenvalue weighted by molar-refractivity contribution is 7.15. The summed E-state index contributed by atoms with van der Waals surface area (Å²) in [6, 6.07) is 9.47. The highest BCUT2D eigenvalue weighted by Gasteiger charge is 2.37. The molecular weight excluding hydrogens is 345 g/mol. The molecule has 1 amide bonds. The number of anilines is 1. The molecule has 1 N–H and O–H groups in total. The van der Waals surface area contributed by atoms with E-state index < -0.39 is 17.0 Å². The first-order chi connectivity index (χ1) is 10.9. The molecule has 3 rings (SSSR count). The monoisotopic (exact) mass is 354 g/mol. The van der Waals surface area contributed by atoms with Crippen LogP contribution in [0, 0.1) is 0 Å². The van der Waals surface area contributed by atoms with Crippen molar-refractivity contribution < 1.29 is 18.0 Å². The Morgan fingerprint density at radius 2 is 1.91 bits per heavy atom. The van der Waals surface area contributed by atoms with Crippen molar-refractivity contribution in [2.45, 2.75) is 6.18 Å². The van der Waals surface area contributed by atoms with Gasteiger partial charge in [-0.2, -0.15) is 13.2 Å². The van der Waals surface area contributed by atoms with Crippen molar-refractivity contribution in [2.75, 3.05) is 5.32 Å². The molecule has 0 atom stereocenters. The van der Waals surface area contributed by atoms with Crippen LogP contribution in [0.25, 0.3) is 11.1 Å². The molecule has 0 aliphatic heterocycles. The molecule has 3 nitrogen and oxygen atoms in total. The summed E-state index contributed by atoms with van der Waals surface area (Å²) in [5.74, 6) is -0.599. The van der Waals surface area contributed by atoms with Crippen LogP contribution in [0.5, 0.6) is 0 Å². The molecule has 118 valence electrons. The quantitative estimate of drug-likeness (QED) is 0.707. The number of nitrogens with zero attached hydrogens (tertiary/aromatic N) is 1. The zero-order chi connectivity index (χ0) is 16.4. The molecule has 1 aromatic carbocycles. The number of rotatable bonds is 3. The molecule has 23 heavy (non-hydrogen) atoms. The third-order valence-corrected chi connectivity index (χ3v) is 4.82. The normalized spacial score (nSPS) is 11.4. The SMILES string of the molecule is O=C(Nc1nccs1)c1cc(-c2ccccc2)c(C(F)(F)F)s1. The number of carbonyl (C=O) groups excluding carboxylic acids is 1. The molecule has 0 aliphatic rings. The first-order valence-corrected chi connectivity index (χ1v) is 8.12. The van der Waals surface area contributed by atoms with E-state index in [0.29, 0.717) is 22.0 Å². The Bertz CT molecular complexity index is 811. The van der Waals surface area contributed by atoms with E-state index in [2.05, 4.69) is 10.3 Å². The molecule has 0 fully saturated rings. The van der Waals surface area contributed by atoms with E-state index in [0.717, 1.165) is 0 Å². The maximum atomic E-state index is 13.3. The van der Waals surface area contributed by atoms with E-state index in [-0.39, 0.29) is 10.4 Å². The van der Waals surface area contributed by atoms with Gasteiger partial charge in [0.1, 0.15) is 4.88 Å². The van der Waals surface area contributed by atoms with Crippen molar-refractivity contribution in [2.24, 2.45) is 0 Å². The fraction of sp³-hybridized carbons (Fsp3) is 0.0667. The number of aromatic nitrogens is 1. The van der Waals surface area contributed by atoms with Crippen LogP contribution < -0.4 is 5.32 Å². The predicted octanol–water partition coefficient (Wildman–Crippen LogP) is 5.14. The Morgan fingerprint density at radius 3 is 2.52 bits per heavy atom. The standard InChI is InChI=1S/C15H9F3N2OS2/c16-15(17,18)12-10(9-4-2-1-3-5-9)8-11(23-12)13(21)20-14-19-6-7-22-14/h1-8H,(H,19,20,21). The summed E-state index contributed by atoms with van der Waals surface area (Å²) in [6.45, 7) is 0. The third-order valence-electron chi connectivity index (χ3n) is 2.95. The third kappa shape index (κ3) is 3.43. The number of nitrogens with one attached hydrogen (secondary N) is 1. The van der Waals surface area contributed by atoms with E-state index in [4.69, 9.17) is 0 Å². The van der Waals surface area contributed by atoms with Gasteiger partial charge < -0.3 is 0 Å². The Hall–Kier alpha value is -2.19. The number of benzene rings is 1. The van der Waals surface area contributed by atoms with Crippen LogP contribution >= 0.6 is 22.7 Å². The van der Waals surface area contributed by atoms with Crippen LogP contribution in [-0.2, 0) is 6.18 Å². The lowest BCUT2D eigenvalue weighted by Gasteiger charge is -2.07. The second-order valence-corrected chi connectivity index (χ2v) is 6.46. The van der Waals surface area contributed by atoms with Crippen molar-refractivity contribution in [1.29, 1.82) is 0 Å². The van der Waals surface area contributed by atoms with E-state index in [1.807, 2.05) is 0 Å². The zero-order valence-corrected chi connectivity index (χ0v) is 13.1. The van der Waals surface area contributed by atoms with Gasteiger partial charge in [-0.3, -0.25) is 10.1 Å². The smallest absolute Gasteiger partial charge is 0.297 e. The maximum Gasteiger partial charge on any atom is 0.426 e. The highest BCUT2D eigenvalue weighted by Crippen LogP contribution is 2.42. The van der Waals surface area contributed by atoms with Gasteiger partial charge in [-0.05, 0) is 11.6 Å². The molecule has 0 spiro atoms. The number of carbonyl (C=O) groups is 1. The van der Waals surface area contributed by atoms with Crippen LogP contribution in [0.1, 0.15) is 14.5 Å². The van der Waals surface area contributed by atoms with Crippen LogP contribution in [0.4, 0.5) is 18.3 Å². The molecular formula is C15H9F3N2OS2. The maximum absolute atomic E-state index is 13.3. The number of thiazole rings is 1. The van der Waals surface area contributed by atoms with E-state index >= 15 is 0 Å². The number of hydrogen-bond acceptors (Lipinski definition) is 4. The first-order valence-electron chi connectivity index (χ1n) is 6.42. The average Bonchev–Trinajstić information content (AvgIpc) is 3.16. The Balaban J connectivity index is 2.00. The van der Waals surface area contributed by atoms with E-state index in [1.165, 1.54) is 23.6 Å². The Kier molecular flexibility index (Phi) is 4.18. The molecule has 0 saturated carbocycles. The molecule has 0 bridgehead atoms. The van der Waals surface area contributed by atoms with Gasteiger partial charge in [-0.1, -0.05) is 30.3 Å². The molecule has 0 aliphatic carbocycles. The summed E-state index contributed by atoms with van der Waals surface area (Å²) in [7, 11) is 0. The van der Waals surface area contributed by atoms with Gasteiger partial charge in [0.05, 0.1) is 4.88 Å². The summed E-state index contributed by atoms with van der Waals surface area (Å²) in [4.78, 5) is 15.2. The lowest BCUT2D eigenvalue weighted by Crippen LogP contribution is -2.09. The van der Waals surface area contributed by atoms with Gasteiger partial charge in [-0.25, -0.2) is 4.98 Å². The summed E-state index contributed by atoms with van der Waals surface area (Å²) in [5.41, 5.74) is 0.428. The number of thiophene rings is 1. The second-order valence-electron chi connectivity index (χ2n) is 4.51. The molecule has 0 unspecified atom stereocenters. The molecule has 2 heterocycles. The molecule has 8 heteroatoms. The number of alkyl halides is 3. The van der Waals surface area contributed by atoms with Crippen molar-refractivity contribution in [1.82, 2.24) is 4.98 Å². The zero-order valence-electron chi connectivity index (χ0n) is 11.4. The van der Waals surface area contributed by atoms with Gasteiger partial charge in [0.25, 0.3) is 5.91 Å². The summed E-state index contributed by atoms with van der Waals surface area (Å²) in [6.07, 6.45) is -3.01. The molecule has 0 radical (unpaired) electrons. The summed E-state index contributed by atoms with van der Waals surface area (Å²) < 4.78 is 39.8. The predicted molar refractivity (Wildman–Crippen MR) is 84.8 cm³/mol. The van der Waals surface area contributed by atoms with Crippen molar-refractivity contribution >= 4 is 33.7 Å². The summed E-state index contributed by atoms with van der Waals surface area (Å²) in [5, 5.41) is 4.51. The van der Waals surface area contributed by atoms with E-state index in [1.54, 1.807) is 35.7 Å². The van der Waals surface area contributed by atoms with Crippen molar-refractivity contribution in [3.63, 3.8) is 0 Å². The lowest BCUT2D eigenvalue weighted by atomic mass is 10.1. The minimum atomic E-state index is -4.52. The molecule has 0 saturated heterocycles. The van der Waals surface area contributed by atoms with Crippen molar-refractivity contribution in [3.8, 4) is 11.1 Å². The van der Waals surface area contributed by atoms with Gasteiger partial charge >= 0.3 is 6.18 Å². The van der Waals surface area contributed by atoms with Gasteiger partial charge in [0, 0.05) is 17.1 Å². The average molecular weight is 354 g/mol. The van der Waals surface area contributed by atoms with Gasteiger partial charge in [0.15, 0.2) is 5.13 Å². The fourth-order valence-corrected chi connectivity index (χ4v) is 3.46. The van der Waals surface area contributed by atoms with Crippen LogP contribution in [0.15, 0.2) is 48.0 Å². The number of hydrogen-bond donors (Lipinski definition) is 1. The molecule has 3 aromatic rings. The minimum Gasteiger partial charge on any atom is -0.297 e. The van der Waals surface area contributed by atoms with Gasteiger partial charge in [0.2, 0.25) is 0 Å². The van der Waals surface area contributed by atoms with Crippen LogP contribution in [0.2, 0.25) is 0 Å². The van der Waals surface area contributed by atoms with Crippen LogP contribution in [-0.4, -0.2) is 10.9 Å². The minimum absolute atomic E-state index is 0.00684. The Morgan fingerprint density at radius 1 is 1.17 bits per heavy atom. The summed E-state index contributed by atoms with van der Waals surface area (Å²) >= 11 is 1.63. The molecule has 2 aromatic heterocycles. The topological polar surface area (TPSA) is 42.0 Å². The fourth-order valence-electron chi connectivity index (χ4n) is 1.99.